The van der Waals surface area contributed by atoms with Crippen LogP contribution < -0.4 is 15.8 Å². The number of rotatable bonds is 6. The first kappa shape index (κ1) is 18.8. The Labute approximate surface area is 156 Å². The molecule has 0 atom stereocenters. The molecule has 1 fully saturated rings. The number of nitrogens with one attached hydrogen (secondary N) is 1. The molecule has 140 valence electrons. The molecule has 0 aliphatic carbocycles. The van der Waals surface area contributed by atoms with Crippen molar-refractivity contribution in [2.75, 3.05) is 43.4 Å². The van der Waals surface area contributed by atoms with Crippen LogP contribution in [0.15, 0.2) is 9.95 Å². The van der Waals surface area contributed by atoms with Crippen molar-refractivity contribution in [1.82, 2.24) is 24.4 Å². The van der Waals surface area contributed by atoms with Crippen molar-refractivity contribution >= 4 is 28.9 Å². The lowest BCUT2D eigenvalue weighted by Gasteiger charge is -2.28. The monoisotopic (exact) mass is 376 g/mol. The van der Waals surface area contributed by atoms with Gasteiger partial charge in [0.2, 0.25) is 5.95 Å². The molecule has 1 saturated heterocycles. The fraction of sp³-hybridized carbons (Fsp3) is 0.588. The second-order valence-corrected chi connectivity index (χ2v) is 7.08. The smallest absolute Gasteiger partial charge is 0.280 e. The summed E-state index contributed by atoms with van der Waals surface area (Å²) in [7, 11) is 1.73. The highest BCUT2D eigenvalue weighted by Crippen LogP contribution is 2.22. The molecule has 2 N–H and O–H groups in total. The summed E-state index contributed by atoms with van der Waals surface area (Å²) in [6, 6.07) is 0. The van der Waals surface area contributed by atoms with Gasteiger partial charge < -0.3 is 15.3 Å². The van der Waals surface area contributed by atoms with Gasteiger partial charge in [0.25, 0.3) is 5.56 Å². The Bertz CT molecular complexity index is 889. The van der Waals surface area contributed by atoms with Gasteiger partial charge in [0.1, 0.15) is 0 Å². The largest absolute Gasteiger partial charge is 0.396 e. The van der Waals surface area contributed by atoms with Crippen molar-refractivity contribution in [3.63, 3.8) is 0 Å². The minimum atomic E-state index is -0.117. The van der Waals surface area contributed by atoms with E-state index in [1.54, 1.807) is 18.5 Å². The maximum absolute atomic E-state index is 13.0. The summed E-state index contributed by atoms with van der Waals surface area (Å²) < 4.78 is 3.44. The zero-order valence-electron chi connectivity index (χ0n) is 15.2. The molecule has 0 radical (unpaired) electrons. The quantitative estimate of drug-likeness (QED) is 0.318. The van der Waals surface area contributed by atoms with E-state index in [2.05, 4.69) is 32.0 Å². The van der Waals surface area contributed by atoms with E-state index in [0.717, 1.165) is 32.1 Å². The molecule has 2 aromatic heterocycles. The van der Waals surface area contributed by atoms with Gasteiger partial charge in [0.05, 0.1) is 6.54 Å². The number of fused-ring (bicyclic) bond motifs is 1. The number of imidazole rings is 1. The molecule has 0 saturated carbocycles. The Morgan fingerprint density at radius 1 is 1.31 bits per heavy atom. The molecule has 0 aromatic carbocycles. The minimum Gasteiger partial charge on any atom is -0.396 e. The van der Waals surface area contributed by atoms with E-state index in [4.69, 9.17) is 5.11 Å². The van der Waals surface area contributed by atoms with Crippen LogP contribution in [0.4, 0.5) is 5.95 Å². The normalized spacial score (nSPS) is 14.5. The first-order valence-electron chi connectivity index (χ1n) is 8.73. The summed E-state index contributed by atoms with van der Waals surface area (Å²) in [4.78, 5) is 24.5. The van der Waals surface area contributed by atoms with E-state index in [9.17, 15) is 4.79 Å². The summed E-state index contributed by atoms with van der Waals surface area (Å²) in [5.41, 5.74) is 0.842. The van der Waals surface area contributed by atoms with Crippen LogP contribution in [0.3, 0.4) is 0 Å². The Morgan fingerprint density at radius 3 is 2.77 bits per heavy atom. The molecule has 2 aromatic rings. The van der Waals surface area contributed by atoms with Crippen molar-refractivity contribution in [3.8, 4) is 11.8 Å². The van der Waals surface area contributed by atoms with Crippen LogP contribution in [0.5, 0.6) is 0 Å². The maximum Gasteiger partial charge on any atom is 0.280 e. The fourth-order valence-electron chi connectivity index (χ4n) is 2.90. The zero-order valence-corrected chi connectivity index (χ0v) is 16.0. The maximum atomic E-state index is 13.0. The van der Waals surface area contributed by atoms with Gasteiger partial charge in [-0.25, -0.2) is 4.98 Å². The Kier molecular flexibility index (Phi) is 6.19. The van der Waals surface area contributed by atoms with Crippen LogP contribution in [0, 0.1) is 11.8 Å². The van der Waals surface area contributed by atoms with E-state index in [0.29, 0.717) is 35.0 Å². The molecular formula is C17H24N6O2S. The number of aliphatic hydroxyl groups excluding tert-OH is 1. The molecule has 26 heavy (non-hydrogen) atoms. The minimum absolute atomic E-state index is 0.117. The molecule has 9 heteroatoms. The van der Waals surface area contributed by atoms with Crippen LogP contribution >= 0.6 is 11.8 Å². The Hall–Kier alpha value is -2.02. The number of anilines is 1. The van der Waals surface area contributed by atoms with Crippen LogP contribution in [0.2, 0.25) is 0 Å². The first-order valence-corrected chi connectivity index (χ1v) is 9.72. The van der Waals surface area contributed by atoms with Gasteiger partial charge in [0, 0.05) is 45.6 Å². The molecule has 0 spiro atoms. The lowest BCUT2D eigenvalue weighted by molar-refractivity contribution is 0.296. The number of piperazine rings is 1. The number of aromatic nitrogens is 4. The Balaban J connectivity index is 2.09. The van der Waals surface area contributed by atoms with Gasteiger partial charge in [-0.3, -0.25) is 13.9 Å². The van der Waals surface area contributed by atoms with Gasteiger partial charge in [-0.15, -0.1) is 5.92 Å². The molecule has 0 amide bonds. The third kappa shape index (κ3) is 3.72. The van der Waals surface area contributed by atoms with Crippen LogP contribution in [0.25, 0.3) is 11.2 Å². The Morgan fingerprint density at radius 2 is 2.08 bits per heavy atom. The second kappa shape index (κ2) is 8.58. The molecule has 1 aliphatic rings. The van der Waals surface area contributed by atoms with E-state index in [1.165, 1.54) is 11.8 Å². The van der Waals surface area contributed by atoms with Crippen LogP contribution in [-0.4, -0.2) is 62.7 Å². The fourth-order valence-corrected chi connectivity index (χ4v) is 3.78. The SMILES string of the molecule is CC#CCn1c(N2CCNCC2)nc2nc(SCCCO)n(C)c(=O)c21. The number of aliphatic hydroxyl groups is 1. The highest BCUT2D eigenvalue weighted by Gasteiger charge is 2.22. The molecule has 1 aliphatic heterocycles. The van der Waals surface area contributed by atoms with E-state index >= 15 is 0 Å². The molecule has 0 bridgehead atoms. The summed E-state index contributed by atoms with van der Waals surface area (Å²) in [6.07, 6.45) is 0.658. The molecule has 0 unspecified atom stereocenters. The number of hydrogen-bond acceptors (Lipinski definition) is 7. The molecule has 8 nitrogen and oxygen atoms in total. The average Bonchev–Trinajstić information content (AvgIpc) is 3.03. The van der Waals surface area contributed by atoms with E-state index in [-0.39, 0.29) is 12.2 Å². The zero-order chi connectivity index (χ0) is 18.5. The van der Waals surface area contributed by atoms with Crippen LogP contribution in [-0.2, 0) is 13.6 Å². The van der Waals surface area contributed by atoms with Crippen molar-refractivity contribution in [2.24, 2.45) is 7.05 Å². The van der Waals surface area contributed by atoms with Gasteiger partial charge >= 0.3 is 0 Å². The first-order chi connectivity index (χ1) is 12.7. The topological polar surface area (TPSA) is 88.2 Å². The number of hydrogen-bond donors (Lipinski definition) is 2. The van der Waals surface area contributed by atoms with E-state index in [1.807, 2.05) is 4.57 Å². The standard InChI is InChI=1S/C17H24N6O2S/c1-3-4-8-23-13-14(19-16(23)22-9-6-18-7-10-22)20-17(21(2)15(13)25)26-12-5-11-24/h18,24H,5-12H2,1-2H3. The highest BCUT2D eigenvalue weighted by atomic mass is 32.2. The summed E-state index contributed by atoms with van der Waals surface area (Å²) in [5, 5.41) is 12.9. The average molecular weight is 376 g/mol. The second-order valence-electron chi connectivity index (χ2n) is 6.02. The van der Waals surface area contributed by atoms with E-state index < -0.39 is 0 Å². The molecule has 3 heterocycles. The van der Waals surface area contributed by atoms with Crippen molar-refractivity contribution in [3.05, 3.63) is 10.4 Å². The third-order valence-corrected chi connectivity index (χ3v) is 5.39. The number of nitrogens with zero attached hydrogens (tertiary/aromatic N) is 5. The lowest BCUT2D eigenvalue weighted by atomic mass is 10.4. The predicted octanol–water partition coefficient (Wildman–Crippen LogP) is 0.0374. The van der Waals surface area contributed by atoms with Gasteiger partial charge in [-0.1, -0.05) is 17.7 Å². The summed E-state index contributed by atoms with van der Waals surface area (Å²) in [5.74, 6) is 7.40. The predicted molar refractivity (Wildman–Crippen MR) is 104 cm³/mol. The van der Waals surface area contributed by atoms with Gasteiger partial charge in [0.15, 0.2) is 16.3 Å². The molecular weight excluding hydrogens is 352 g/mol. The highest BCUT2D eigenvalue weighted by molar-refractivity contribution is 7.99. The van der Waals surface area contributed by atoms with Crippen molar-refractivity contribution < 1.29 is 5.11 Å². The van der Waals surface area contributed by atoms with Gasteiger partial charge in [-0.05, 0) is 13.3 Å². The van der Waals surface area contributed by atoms with Crippen LogP contribution in [0.1, 0.15) is 13.3 Å². The summed E-state index contributed by atoms with van der Waals surface area (Å²) >= 11 is 1.46. The lowest BCUT2D eigenvalue weighted by Crippen LogP contribution is -2.44. The number of thioether (sulfide) groups is 1. The van der Waals surface area contributed by atoms with Crippen molar-refractivity contribution in [2.45, 2.75) is 25.0 Å². The third-order valence-electron chi connectivity index (χ3n) is 4.27. The van der Waals surface area contributed by atoms with Gasteiger partial charge in [-0.2, -0.15) is 4.98 Å². The summed E-state index contributed by atoms with van der Waals surface area (Å²) in [6.45, 7) is 5.77. The molecule has 3 rings (SSSR count). The van der Waals surface area contributed by atoms with Crippen molar-refractivity contribution in [1.29, 1.82) is 0 Å².